The maximum Gasteiger partial charge on any atom is 0.337 e. The Balaban J connectivity index is 1.87. The molecule has 0 bridgehead atoms. The molecule has 0 fully saturated rings. The van der Waals surface area contributed by atoms with Gasteiger partial charge in [-0.05, 0) is 36.4 Å². The maximum absolute atomic E-state index is 12.2. The quantitative estimate of drug-likeness (QED) is 0.740. The summed E-state index contributed by atoms with van der Waals surface area (Å²) in [6.45, 7) is 1.04. The van der Waals surface area contributed by atoms with Crippen LogP contribution in [0, 0.1) is 0 Å². The molecule has 1 atom stereocenters. The Labute approximate surface area is 147 Å². The number of benzene rings is 2. The molecule has 25 heavy (non-hydrogen) atoms. The molecular formula is C19H23N2O4+. The third kappa shape index (κ3) is 5.61. The predicted molar refractivity (Wildman–Crippen MR) is 94.9 cm³/mol. The normalized spacial score (nSPS) is 11.5. The number of amides is 1. The van der Waals surface area contributed by atoms with Gasteiger partial charge >= 0.3 is 5.97 Å². The zero-order valence-corrected chi connectivity index (χ0v) is 14.7. The molecule has 6 nitrogen and oxygen atoms in total. The van der Waals surface area contributed by atoms with E-state index in [2.05, 4.69) is 10.1 Å². The van der Waals surface area contributed by atoms with Crippen LogP contribution in [0.3, 0.4) is 0 Å². The monoisotopic (exact) mass is 343 g/mol. The molecule has 1 unspecified atom stereocenters. The fourth-order valence-electron chi connectivity index (χ4n) is 2.48. The number of anilines is 1. The number of rotatable bonds is 7. The number of carbonyl (C=O) groups is 2. The lowest BCUT2D eigenvalue weighted by atomic mass is 10.2. The summed E-state index contributed by atoms with van der Waals surface area (Å²) in [5, 5.41) is 2.83. The van der Waals surface area contributed by atoms with Gasteiger partial charge in [0.05, 0.1) is 26.8 Å². The van der Waals surface area contributed by atoms with Crippen LogP contribution in [0.5, 0.6) is 5.75 Å². The summed E-state index contributed by atoms with van der Waals surface area (Å²) in [7, 11) is 4.92. The Morgan fingerprint density at radius 1 is 1.08 bits per heavy atom. The minimum absolute atomic E-state index is 0.0915. The van der Waals surface area contributed by atoms with Crippen molar-refractivity contribution in [2.24, 2.45) is 0 Å². The molecule has 2 aromatic carbocycles. The van der Waals surface area contributed by atoms with Crippen LogP contribution in [0.15, 0.2) is 48.5 Å². The highest BCUT2D eigenvalue weighted by atomic mass is 16.5. The molecule has 2 aromatic rings. The predicted octanol–water partition coefficient (Wildman–Crippen LogP) is 1.14. The molecule has 0 radical (unpaired) electrons. The molecule has 2 rings (SSSR count). The first-order valence-corrected chi connectivity index (χ1v) is 7.94. The second-order valence-corrected chi connectivity index (χ2v) is 5.78. The maximum atomic E-state index is 12.2. The highest BCUT2D eigenvalue weighted by molar-refractivity contribution is 5.93. The van der Waals surface area contributed by atoms with Crippen LogP contribution < -0.4 is 15.0 Å². The van der Waals surface area contributed by atoms with Crippen molar-refractivity contribution in [2.45, 2.75) is 6.54 Å². The number of nitrogens with one attached hydrogen (secondary N) is 2. The van der Waals surface area contributed by atoms with Gasteiger partial charge < -0.3 is 19.7 Å². The molecule has 0 aliphatic carbocycles. The molecule has 0 aliphatic heterocycles. The molecule has 132 valence electrons. The van der Waals surface area contributed by atoms with Gasteiger partial charge in [-0.1, -0.05) is 12.1 Å². The number of hydrogen-bond donors (Lipinski definition) is 2. The van der Waals surface area contributed by atoms with Gasteiger partial charge in [-0.15, -0.1) is 0 Å². The number of esters is 1. The highest BCUT2D eigenvalue weighted by Gasteiger charge is 2.12. The fourth-order valence-corrected chi connectivity index (χ4v) is 2.48. The zero-order chi connectivity index (χ0) is 18.2. The van der Waals surface area contributed by atoms with Crippen LogP contribution >= 0.6 is 0 Å². The molecule has 2 N–H and O–H groups in total. The lowest BCUT2D eigenvalue weighted by Gasteiger charge is -2.14. The number of likely N-dealkylation sites (N-methyl/N-ethyl adjacent to an activating group) is 1. The number of carbonyl (C=O) groups excluding carboxylic acids is 2. The fraction of sp³-hybridized carbons (Fsp3) is 0.263. The van der Waals surface area contributed by atoms with Gasteiger partial charge in [0, 0.05) is 11.3 Å². The van der Waals surface area contributed by atoms with Crippen LogP contribution in [0.4, 0.5) is 5.69 Å². The van der Waals surface area contributed by atoms with Crippen molar-refractivity contribution in [3.63, 3.8) is 0 Å². The molecule has 1 amide bonds. The van der Waals surface area contributed by atoms with Crippen LogP contribution in [0.1, 0.15) is 15.9 Å². The van der Waals surface area contributed by atoms with Gasteiger partial charge in [0.15, 0.2) is 6.54 Å². The summed E-state index contributed by atoms with van der Waals surface area (Å²) in [4.78, 5) is 24.6. The minimum atomic E-state index is -0.402. The highest BCUT2D eigenvalue weighted by Crippen LogP contribution is 2.12. The first kappa shape index (κ1) is 18.5. The minimum Gasteiger partial charge on any atom is -0.497 e. The molecule has 6 heteroatoms. The summed E-state index contributed by atoms with van der Waals surface area (Å²) in [5.74, 6) is 0.312. The molecule has 0 spiro atoms. The van der Waals surface area contributed by atoms with E-state index >= 15 is 0 Å². The van der Waals surface area contributed by atoms with E-state index in [1.165, 1.54) is 7.11 Å². The van der Waals surface area contributed by atoms with Crippen molar-refractivity contribution in [2.75, 3.05) is 33.1 Å². The van der Waals surface area contributed by atoms with Gasteiger partial charge in [0.25, 0.3) is 5.91 Å². The van der Waals surface area contributed by atoms with E-state index in [0.29, 0.717) is 24.3 Å². The molecular weight excluding hydrogens is 320 g/mol. The van der Waals surface area contributed by atoms with E-state index in [9.17, 15) is 9.59 Å². The van der Waals surface area contributed by atoms with Crippen molar-refractivity contribution >= 4 is 17.6 Å². The number of hydrogen-bond acceptors (Lipinski definition) is 4. The molecule has 0 aromatic heterocycles. The third-order valence-electron chi connectivity index (χ3n) is 3.69. The van der Waals surface area contributed by atoms with Crippen LogP contribution in [0.25, 0.3) is 0 Å². The van der Waals surface area contributed by atoms with Gasteiger partial charge in [0.2, 0.25) is 0 Å². The topological polar surface area (TPSA) is 69.1 Å². The summed E-state index contributed by atoms with van der Waals surface area (Å²) in [6, 6.07) is 14.4. The van der Waals surface area contributed by atoms with E-state index in [-0.39, 0.29) is 5.91 Å². The largest absolute Gasteiger partial charge is 0.497 e. The molecule has 0 heterocycles. The third-order valence-corrected chi connectivity index (χ3v) is 3.69. The summed E-state index contributed by atoms with van der Waals surface area (Å²) in [5.41, 5.74) is 2.19. The Kier molecular flexibility index (Phi) is 6.54. The lowest BCUT2D eigenvalue weighted by Crippen LogP contribution is -3.08. The number of ether oxygens (including phenoxy) is 2. The van der Waals surface area contributed by atoms with Crippen molar-refractivity contribution in [3.8, 4) is 5.75 Å². The average Bonchev–Trinajstić information content (AvgIpc) is 2.61. The van der Waals surface area contributed by atoms with Crippen molar-refractivity contribution < 1.29 is 24.0 Å². The SMILES string of the molecule is COC(=O)c1ccc(NC(=O)C[NH+](C)Cc2cccc(OC)c2)cc1. The van der Waals surface area contributed by atoms with Gasteiger partial charge in [0.1, 0.15) is 12.3 Å². The first-order chi connectivity index (χ1) is 12.0. The zero-order valence-electron chi connectivity index (χ0n) is 14.7. The van der Waals surface area contributed by atoms with Gasteiger partial charge in [-0.25, -0.2) is 4.79 Å². The second kappa shape index (κ2) is 8.84. The number of quaternary nitrogens is 1. The van der Waals surface area contributed by atoms with Gasteiger partial charge in [-0.3, -0.25) is 4.79 Å². The van der Waals surface area contributed by atoms with Gasteiger partial charge in [-0.2, -0.15) is 0 Å². The Morgan fingerprint density at radius 3 is 2.44 bits per heavy atom. The Hall–Kier alpha value is -2.86. The van der Waals surface area contributed by atoms with Crippen molar-refractivity contribution in [3.05, 3.63) is 59.7 Å². The molecule has 0 saturated carbocycles. The van der Waals surface area contributed by atoms with E-state index in [4.69, 9.17) is 4.74 Å². The standard InChI is InChI=1S/C19H22N2O4/c1-21(12-14-5-4-6-17(11-14)24-2)13-18(22)20-16-9-7-15(8-10-16)19(23)25-3/h4-11H,12-13H2,1-3H3,(H,20,22)/p+1. The van der Waals surface area contributed by atoms with E-state index in [1.807, 2.05) is 31.3 Å². The van der Waals surface area contributed by atoms with Crippen molar-refractivity contribution in [1.29, 1.82) is 0 Å². The van der Waals surface area contributed by atoms with Crippen LogP contribution in [0.2, 0.25) is 0 Å². The lowest BCUT2D eigenvalue weighted by molar-refractivity contribution is -0.885. The first-order valence-electron chi connectivity index (χ1n) is 7.94. The summed E-state index contributed by atoms with van der Waals surface area (Å²) in [6.07, 6.45) is 0. The Morgan fingerprint density at radius 2 is 1.80 bits per heavy atom. The molecule has 0 saturated heterocycles. The summed E-state index contributed by atoms with van der Waals surface area (Å²) < 4.78 is 9.85. The van der Waals surface area contributed by atoms with Crippen molar-refractivity contribution in [1.82, 2.24) is 0 Å². The van der Waals surface area contributed by atoms with Crippen LogP contribution in [-0.2, 0) is 16.1 Å². The molecule has 0 aliphatic rings. The van der Waals surface area contributed by atoms with Crippen LogP contribution in [-0.4, -0.2) is 39.7 Å². The average molecular weight is 343 g/mol. The van der Waals surface area contributed by atoms with E-state index < -0.39 is 5.97 Å². The smallest absolute Gasteiger partial charge is 0.337 e. The summed E-state index contributed by atoms with van der Waals surface area (Å²) >= 11 is 0. The Bertz CT molecular complexity index is 728. The second-order valence-electron chi connectivity index (χ2n) is 5.78. The van der Waals surface area contributed by atoms with E-state index in [0.717, 1.165) is 16.2 Å². The van der Waals surface area contributed by atoms with E-state index in [1.54, 1.807) is 31.4 Å². The number of methoxy groups -OCH3 is 2.